The first-order chi connectivity index (χ1) is 14.8. The van der Waals surface area contributed by atoms with E-state index in [1.165, 1.54) is 0 Å². The Bertz CT molecular complexity index is 1160. The molecule has 4 aromatic rings. The first-order valence-corrected chi connectivity index (χ1v) is 11.1. The molecule has 1 amide bonds. The number of amides is 1. The van der Waals surface area contributed by atoms with Gasteiger partial charge in [0.2, 0.25) is 5.91 Å². The number of carbonyl (C=O) groups excluding carboxylic acids is 1. The molecule has 30 heavy (non-hydrogen) atoms. The maximum atomic E-state index is 11.8. The van der Waals surface area contributed by atoms with Crippen LogP contribution in [0.15, 0.2) is 53.5 Å². The number of thiophene rings is 1. The fourth-order valence-corrected chi connectivity index (χ4v) is 4.37. The SMILES string of the molecule is O=C1CCCN1CCCNc1nc(-c2ccccc2)nc2c1ncn2-c1ccsc1. The van der Waals surface area contributed by atoms with Crippen LogP contribution < -0.4 is 5.32 Å². The second-order valence-electron chi connectivity index (χ2n) is 7.29. The number of hydrogen-bond acceptors (Lipinski definition) is 6. The molecule has 0 radical (unpaired) electrons. The van der Waals surface area contributed by atoms with Gasteiger partial charge >= 0.3 is 0 Å². The Balaban J connectivity index is 1.44. The van der Waals surface area contributed by atoms with Gasteiger partial charge in [-0.25, -0.2) is 15.0 Å². The normalized spacial score (nSPS) is 14.0. The number of hydrogen-bond donors (Lipinski definition) is 1. The van der Waals surface area contributed by atoms with E-state index < -0.39 is 0 Å². The molecule has 1 saturated heterocycles. The minimum absolute atomic E-state index is 0.264. The Kier molecular flexibility index (Phi) is 5.15. The summed E-state index contributed by atoms with van der Waals surface area (Å²) < 4.78 is 1.99. The summed E-state index contributed by atoms with van der Waals surface area (Å²) in [6.45, 7) is 2.37. The second kappa shape index (κ2) is 8.23. The van der Waals surface area contributed by atoms with Gasteiger partial charge in [0.25, 0.3) is 0 Å². The summed E-state index contributed by atoms with van der Waals surface area (Å²) in [7, 11) is 0. The van der Waals surface area contributed by atoms with Crippen molar-refractivity contribution in [1.82, 2.24) is 24.4 Å². The first-order valence-electron chi connectivity index (χ1n) is 10.1. The number of likely N-dealkylation sites (tertiary alicyclic amines) is 1. The number of benzene rings is 1. The Morgan fingerprint density at radius 3 is 2.80 bits per heavy atom. The highest BCUT2D eigenvalue weighted by Gasteiger charge is 2.19. The van der Waals surface area contributed by atoms with Crippen molar-refractivity contribution in [3.8, 4) is 17.1 Å². The molecule has 0 bridgehead atoms. The highest BCUT2D eigenvalue weighted by molar-refractivity contribution is 7.08. The van der Waals surface area contributed by atoms with Gasteiger partial charge in [0, 0.05) is 37.0 Å². The predicted molar refractivity (Wildman–Crippen MR) is 119 cm³/mol. The number of imidazole rings is 1. The van der Waals surface area contributed by atoms with Crippen molar-refractivity contribution in [2.24, 2.45) is 0 Å². The highest BCUT2D eigenvalue weighted by Crippen LogP contribution is 2.26. The van der Waals surface area contributed by atoms with E-state index in [-0.39, 0.29) is 5.91 Å². The van der Waals surface area contributed by atoms with E-state index in [1.807, 2.05) is 45.2 Å². The third-order valence-corrected chi connectivity index (χ3v) is 5.95. The van der Waals surface area contributed by atoms with Crippen LogP contribution in [0.1, 0.15) is 19.3 Å². The molecule has 0 atom stereocenters. The van der Waals surface area contributed by atoms with Crippen LogP contribution in [-0.2, 0) is 4.79 Å². The average molecular weight is 419 g/mol. The smallest absolute Gasteiger partial charge is 0.222 e. The molecule has 7 nitrogen and oxygen atoms in total. The molecule has 1 aromatic carbocycles. The molecule has 1 N–H and O–H groups in total. The van der Waals surface area contributed by atoms with E-state index in [1.54, 1.807) is 17.7 Å². The topological polar surface area (TPSA) is 75.9 Å². The lowest BCUT2D eigenvalue weighted by atomic mass is 10.2. The molecule has 1 aliphatic heterocycles. The van der Waals surface area contributed by atoms with Gasteiger partial charge in [-0.2, -0.15) is 11.3 Å². The molecule has 1 fully saturated rings. The summed E-state index contributed by atoms with van der Waals surface area (Å²) in [5.74, 6) is 1.65. The van der Waals surface area contributed by atoms with Crippen molar-refractivity contribution in [3.63, 3.8) is 0 Å². The number of fused-ring (bicyclic) bond motifs is 1. The zero-order chi connectivity index (χ0) is 20.3. The third-order valence-electron chi connectivity index (χ3n) is 5.28. The van der Waals surface area contributed by atoms with Gasteiger partial charge in [0.15, 0.2) is 22.8 Å². The van der Waals surface area contributed by atoms with Gasteiger partial charge in [-0.05, 0) is 24.3 Å². The van der Waals surface area contributed by atoms with Gasteiger partial charge in [0.1, 0.15) is 6.33 Å². The van der Waals surface area contributed by atoms with Gasteiger partial charge in [0.05, 0.1) is 5.69 Å². The Morgan fingerprint density at radius 2 is 2.03 bits per heavy atom. The number of anilines is 1. The van der Waals surface area contributed by atoms with Crippen molar-refractivity contribution >= 4 is 34.2 Å². The molecule has 1 aliphatic rings. The molecule has 8 heteroatoms. The van der Waals surface area contributed by atoms with Crippen molar-refractivity contribution in [3.05, 3.63) is 53.5 Å². The average Bonchev–Trinajstić information content (AvgIpc) is 3.52. The monoisotopic (exact) mass is 418 g/mol. The Labute approximate surface area is 178 Å². The van der Waals surface area contributed by atoms with Gasteiger partial charge < -0.3 is 10.2 Å². The fraction of sp³-hybridized carbons (Fsp3) is 0.273. The summed E-state index contributed by atoms with van der Waals surface area (Å²) >= 11 is 1.64. The standard InChI is InChI=1S/C22H22N6OS/c29-18-8-4-11-27(18)12-5-10-23-21-19-22(28(15-24-19)17-9-13-30-14-17)26-20(25-21)16-6-2-1-3-7-16/h1-3,6-7,9,13-15H,4-5,8,10-12H2,(H,23,25,26). The maximum Gasteiger partial charge on any atom is 0.222 e. The van der Waals surface area contributed by atoms with Crippen molar-refractivity contribution in [2.45, 2.75) is 19.3 Å². The van der Waals surface area contributed by atoms with Crippen LogP contribution >= 0.6 is 11.3 Å². The van der Waals surface area contributed by atoms with Gasteiger partial charge in [-0.1, -0.05) is 30.3 Å². The quantitative estimate of drug-likeness (QED) is 0.460. The largest absolute Gasteiger partial charge is 0.368 e. The molecule has 0 unspecified atom stereocenters. The van der Waals surface area contributed by atoms with Gasteiger partial charge in [-0.3, -0.25) is 9.36 Å². The van der Waals surface area contributed by atoms with Crippen molar-refractivity contribution in [1.29, 1.82) is 0 Å². The van der Waals surface area contributed by atoms with E-state index >= 15 is 0 Å². The van der Waals surface area contributed by atoms with E-state index in [0.29, 0.717) is 12.2 Å². The molecule has 152 valence electrons. The number of nitrogens with zero attached hydrogens (tertiary/aromatic N) is 5. The highest BCUT2D eigenvalue weighted by atomic mass is 32.1. The molecule has 3 aromatic heterocycles. The summed E-state index contributed by atoms with van der Waals surface area (Å²) in [5, 5.41) is 7.55. The van der Waals surface area contributed by atoms with Crippen LogP contribution in [0.5, 0.6) is 0 Å². The number of rotatable bonds is 7. The van der Waals surface area contributed by atoms with Crippen LogP contribution in [0.3, 0.4) is 0 Å². The summed E-state index contributed by atoms with van der Waals surface area (Å²) in [6.07, 6.45) is 4.31. The summed E-state index contributed by atoms with van der Waals surface area (Å²) in [6, 6.07) is 12.0. The molecule has 0 aliphatic carbocycles. The minimum Gasteiger partial charge on any atom is -0.368 e. The second-order valence-corrected chi connectivity index (χ2v) is 8.07. The lowest BCUT2D eigenvalue weighted by Crippen LogP contribution is -2.27. The molecule has 0 spiro atoms. The summed E-state index contributed by atoms with van der Waals surface area (Å²) in [5.41, 5.74) is 3.53. The first kappa shape index (κ1) is 18.7. The predicted octanol–water partition coefficient (Wildman–Crippen LogP) is 3.97. The lowest BCUT2D eigenvalue weighted by molar-refractivity contribution is -0.127. The molecule has 4 heterocycles. The number of aromatic nitrogens is 4. The third kappa shape index (κ3) is 3.66. The van der Waals surface area contributed by atoms with Crippen molar-refractivity contribution < 1.29 is 4.79 Å². The van der Waals surface area contributed by atoms with Crippen LogP contribution in [0.4, 0.5) is 5.82 Å². The summed E-state index contributed by atoms with van der Waals surface area (Å²) in [4.78, 5) is 27.9. The lowest BCUT2D eigenvalue weighted by Gasteiger charge is -2.15. The molecular weight excluding hydrogens is 396 g/mol. The Morgan fingerprint density at radius 1 is 1.13 bits per heavy atom. The minimum atomic E-state index is 0.264. The van der Waals surface area contributed by atoms with E-state index in [4.69, 9.17) is 9.97 Å². The van der Waals surface area contributed by atoms with Crippen LogP contribution in [0.25, 0.3) is 28.2 Å². The molecule has 0 saturated carbocycles. The zero-order valence-corrected chi connectivity index (χ0v) is 17.3. The Hall–Kier alpha value is -3.26. The molecular formula is C22H22N6OS. The number of nitrogens with one attached hydrogen (secondary N) is 1. The number of carbonyl (C=O) groups is 1. The maximum absolute atomic E-state index is 11.8. The van der Waals surface area contributed by atoms with Gasteiger partial charge in [-0.15, -0.1) is 0 Å². The van der Waals surface area contributed by atoms with Crippen LogP contribution in [0.2, 0.25) is 0 Å². The fourth-order valence-electron chi connectivity index (χ4n) is 3.74. The zero-order valence-electron chi connectivity index (χ0n) is 16.5. The van der Waals surface area contributed by atoms with Crippen molar-refractivity contribution in [2.75, 3.05) is 25.0 Å². The van der Waals surface area contributed by atoms with Crippen LogP contribution in [0, 0.1) is 0 Å². The van der Waals surface area contributed by atoms with E-state index in [9.17, 15) is 4.79 Å². The van der Waals surface area contributed by atoms with E-state index in [2.05, 4.69) is 21.7 Å². The van der Waals surface area contributed by atoms with E-state index in [0.717, 1.165) is 60.7 Å². The molecule has 5 rings (SSSR count). The van der Waals surface area contributed by atoms with Crippen LogP contribution in [-0.4, -0.2) is 50.0 Å².